The van der Waals surface area contributed by atoms with Crippen LogP contribution in [-0.4, -0.2) is 24.6 Å². The topological polar surface area (TPSA) is 9.23 Å². The molecule has 1 atom stereocenters. The van der Waals surface area contributed by atoms with Crippen LogP contribution in [0, 0.1) is 5.92 Å². The summed E-state index contributed by atoms with van der Waals surface area (Å²) < 4.78 is 54.3. The molecule has 1 rings (SSSR count). The van der Waals surface area contributed by atoms with Gasteiger partial charge in [0.2, 0.25) is 0 Å². The average Bonchev–Trinajstić information content (AvgIpc) is 1.97. The summed E-state index contributed by atoms with van der Waals surface area (Å²) in [4.78, 5) is 0. The van der Waals surface area contributed by atoms with Crippen molar-refractivity contribution in [1.82, 2.24) is 0 Å². The first-order valence-electron chi connectivity index (χ1n) is 4.14. The van der Waals surface area contributed by atoms with Crippen LogP contribution < -0.4 is 0 Å². The van der Waals surface area contributed by atoms with Gasteiger partial charge in [0.05, 0.1) is 6.42 Å². The van der Waals surface area contributed by atoms with Crippen LogP contribution in [0.3, 0.4) is 0 Å². The van der Waals surface area contributed by atoms with Gasteiger partial charge in [-0.15, -0.1) is 0 Å². The first-order valence-corrected chi connectivity index (χ1v) is 4.14. The van der Waals surface area contributed by atoms with Gasteiger partial charge in [-0.25, -0.2) is 0 Å². The molecule has 1 saturated carbocycles. The second-order valence-corrected chi connectivity index (χ2v) is 3.75. The van der Waals surface area contributed by atoms with E-state index >= 15 is 0 Å². The Hall–Kier alpha value is -0.320. The third-order valence-electron chi connectivity index (χ3n) is 1.96. The van der Waals surface area contributed by atoms with E-state index in [4.69, 9.17) is 0 Å². The van der Waals surface area contributed by atoms with Crippen molar-refractivity contribution in [3.05, 3.63) is 0 Å². The molecule has 0 heterocycles. The second kappa shape index (κ2) is 3.12. The fraction of sp³-hybridized carbons (Fsp3) is 1.00. The van der Waals surface area contributed by atoms with Gasteiger partial charge in [-0.2, -0.15) is 17.6 Å². The molecule has 0 aromatic rings. The highest BCUT2D eigenvalue weighted by atomic mass is 19.3. The number of rotatable bonds is 3. The molecule has 78 valence electrons. The molecule has 0 radical (unpaired) electrons. The molecule has 1 fully saturated rings. The van der Waals surface area contributed by atoms with E-state index in [2.05, 4.69) is 4.74 Å². The number of ether oxygens (including phenoxy) is 1. The van der Waals surface area contributed by atoms with Crippen LogP contribution in [0.25, 0.3) is 0 Å². The standard InChI is InChI=1S/C8H12F4O/c1-5(2)4-13-6-3-7(9,10)8(6,11)12/h5-6H,3-4H2,1-2H3/t6-/m0/s1. The molecule has 1 aliphatic carbocycles. The Morgan fingerprint density at radius 1 is 1.31 bits per heavy atom. The van der Waals surface area contributed by atoms with E-state index in [0.717, 1.165) is 0 Å². The fourth-order valence-electron chi connectivity index (χ4n) is 1.07. The molecule has 5 heteroatoms. The maximum absolute atomic E-state index is 12.6. The van der Waals surface area contributed by atoms with Gasteiger partial charge in [0.25, 0.3) is 0 Å². The molecule has 0 aliphatic heterocycles. The van der Waals surface area contributed by atoms with E-state index in [1.165, 1.54) is 0 Å². The van der Waals surface area contributed by atoms with Crippen LogP contribution in [-0.2, 0) is 4.74 Å². The van der Waals surface area contributed by atoms with Gasteiger partial charge in [0, 0.05) is 6.61 Å². The summed E-state index contributed by atoms with van der Waals surface area (Å²) in [5, 5.41) is 0. The largest absolute Gasteiger partial charge is 0.371 e. The van der Waals surface area contributed by atoms with Gasteiger partial charge in [0.1, 0.15) is 6.10 Å². The average molecular weight is 200 g/mol. The van der Waals surface area contributed by atoms with Gasteiger partial charge < -0.3 is 4.74 Å². The van der Waals surface area contributed by atoms with Gasteiger partial charge in [-0.1, -0.05) is 13.8 Å². The Bertz CT molecular complexity index is 191. The number of hydrogen-bond acceptors (Lipinski definition) is 1. The summed E-state index contributed by atoms with van der Waals surface area (Å²) in [6, 6.07) is 0. The van der Waals surface area contributed by atoms with Crippen LogP contribution in [0.2, 0.25) is 0 Å². The molecule has 0 amide bonds. The molecule has 1 nitrogen and oxygen atoms in total. The van der Waals surface area contributed by atoms with Crippen molar-refractivity contribution in [3.63, 3.8) is 0 Å². The quantitative estimate of drug-likeness (QED) is 0.636. The molecular formula is C8H12F4O. The van der Waals surface area contributed by atoms with Crippen molar-refractivity contribution in [3.8, 4) is 0 Å². The maximum Gasteiger partial charge on any atom is 0.335 e. The Morgan fingerprint density at radius 2 is 1.85 bits per heavy atom. The van der Waals surface area contributed by atoms with E-state index in [1.807, 2.05) is 0 Å². The Labute approximate surface area is 74.1 Å². The SMILES string of the molecule is CC(C)CO[C@H]1CC(F)(F)C1(F)F. The maximum atomic E-state index is 12.6. The van der Waals surface area contributed by atoms with Crippen molar-refractivity contribution in [2.45, 2.75) is 38.2 Å². The van der Waals surface area contributed by atoms with Crippen LogP contribution >= 0.6 is 0 Å². The molecule has 0 aromatic carbocycles. The van der Waals surface area contributed by atoms with Gasteiger partial charge in [-0.05, 0) is 5.92 Å². The van der Waals surface area contributed by atoms with Gasteiger partial charge in [0.15, 0.2) is 0 Å². The first-order chi connectivity index (χ1) is 5.77. The summed E-state index contributed by atoms with van der Waals surface area (Å²) in [5.41, 5.74) is 0. The predicted molar refractivity (Wildman–Crippen MR) is 39.1 cm³/mol. The zero-order chi connectivity index (χ0) is 10.3. The van der Waals surface area contributed by atoms with Gasteiger partial charge in [-0.3, -0.25) is 0 Å². The van der Waals surface area contributed by atoms with E-state index in [1.54, 1.807) is 13.8 Å². The highest BCUT2D eigenvalue weighted by Crippen LogP contribution is 2.52. The molecule has 0 N–H and O–H groups in total. The number of halogens is 4. The highest BCUT2D eigenvalue weighted by Gasteiger charge is 2.72. The Balaban J connectivity index is 2.41. The molecule has 0 saturated heterocycles. The third kappa shape index (κ3) is 1.80. The minimum atomic E-state index is -3.98. The van der Waals surface area contributed by atoms with Crippen LogP contribution in [0.4, 0.5) is 17.6 Å². The third-order valence-corrected chi connectivity index (χ3v) is 1.96. The smallest absolute Gasteiger partial charge is 0.335 e. The van der Waals surface area contributed by atoms with Crippen LogP contribution in [0.1, 0.15) is 20.3 Å². The van der Waals surface area contributed by atoms with Crippen LogP contribution in [0.15, 0.2) is 0 Å². The van der Waals surface area contributed by atoms with Crippen LogP contribution in [0.5, 0.6) is 0 Å². The van der Waals surface area contributed by atoms with Crippen molar-refractivity contribution in [2.75, 3.05) is 6.61 Å². The zero-order valence-electron chi connectivity index (χ0n) is 7.49. The monoisotopic (exact) mass is 200 g/mol. The molecule has 1 aliphatic rings. The minimum Gasteiger partial charge on any atom is -0.371 e. The summed E-state index contributed by atoms with van der Waals surface area (Å²) in [6.07, 6.45) is -2.47. The first kappa shape index (κ1) is 10.8. The molecule has 0 unspecified atom stereocenters. The summed E-state index contributed by atoms with van der Waals surface area (Å²) in [7, 11) is 0. The Morgan fingerprint density at radius 3 is 2.15 bits per heavy atom. The van der Waals surface area contributed by atoms with E-state index in [-0.39, 0.29) is 12.5 Å². The molecule has 13 heavy (non-hydrogen) atoms. The fourth-order valence-corrected chi connectivity index (χ4v) is 1.07. The van der Waals surface area contributed by atoms with Gasteiger partial charge >= 0.3 is 11.8 Å². The summed E-state index contributed by atoms with van der Waals surface area (Å²) >= 11 is 0. The lowest BCUT2D eigenvalue weighted by Crippen LogP contribution is -2.63. The summed E-state index contributed by atoms with van der Waals surface area (Å²) in [5.74, 6) is -7.79. The lowest BCUT2D eigenvalue weighted by atomic mass is 9.85. The molecule has 0 spiro atoms. The van der Waals surface area contributed by atoms with E-state index in [0.29, 0.717) is 0 Å². The van der Waals surface area contributed by atoms with Crippen molar-refractivity contribution in [1.29, 1.82) is 0 Å². The summed E-state index contributed by atoms with van der Waals surface area (Å²) in [6.45, 7) is 3.64. The highest BCUT2D eigenvalue weighted by molar-refractivity contribution is 5.04. The van der Waals surface area contributed by atoms with Crippen molar-refractivity contribution < 1.29 is 22.3 Å². The normalized spacial score (nSPS) is 30.2. The van der Waals surface area contributed by atoms with E-state index in [9.17, 15) is 17.6 Å². The molecule has 0 bridgehead atoms. The predicted octanol–water partition coefficient (Wildman–Crippen LogP) is 2.70. The lowest BCUT2D eigenvalue weighted by molar-refractivity contribution is -0.341. The lowest BCUT2D eigenvalue weighted by Gasteiger charge is -2.43. The second-order valence-electron chi connectivity index (χ2n) is 3.75. The minimum absolute atomic E-state index is 0.0741. The number of hydrogen-bond donors (Lipinski definition) is 0. The van der Waals surface area contributed by atoms with Crippen molar-refractivity contribution >= 4 is 0 Å². The molecule has 0 aromatic heterocycles. The zero-order valence-corrected chi connectivity index (χ0v) is 7.49. The Kier molecular flexibility index (Phi) is 2.58. The number of alkyl halides is 4. The van der Waals surface area contributed by atoms with E-state index < -0.39 is 24.4 Å². The molecular weight excluding hydrogens is 188 g/mol. The van der Waals surface area contributed by atoms with Crippen molar-refractivity contribution in [2.24, 2.45) is 5.92 Å².